The first-order chi connectivity index (χ1) is 9.61. The van der Waals surface area contributed by atoms with Gasteiger partial charge in [0.1, 0.15) is 0 Å². The summed E-state index contributed by atoms with van der Waals surface area (Å²) in [7, 11) is 0. The van der Waals surface area contributed by atoms with Crippen LogP contribution >= 0.6 is 0 Å². The van der Waals surface area contributed by atoms with Gasteiger partial charge in [-0.2, -0.15) is 0 Å². The first kappa shape index (κ1) is 18.4. The topological polar surface area (TPSA) is 0 Å². The summed E-state index contributed by atoms with van der Waals surface area (Å²) >= 11 is 0. The summed E-state index contributed by atoms with van der Waals surface area (Å²) in [6, 6.07) is 21.0. The summed E-state index contributed by atoms with van der Waals surface area (Å²) in [5, 5.41) is 0. The van der Waals surface area contributed by atoms with Crippen molar-refractivity contribution >= 4 is 0 Å². The molecule has 0 atom stereocenters. The molecular weight excluding hydrogens is 240 g/mol. The minimum atomic E-state index is 0.659. The van der Waals surface area contributed by atoms with E-state index in [1.54, 1.807) is 0 Å². The molecule has 0 saturated heterocycles. The Hall–Kier alpha value is -1.56. The summed E-state index contributed by atoms with van der Waals surface area (Å²) in [4.78, 5) is 0. The van der Waals surface area contributed by atoms with Gasteiger partial charge in [0.2, 0.25) is 0 Å². The van der Waals surface area contributed by atoms with E-state index in [4.69, 9.17) is 0 Å². The zero-order valence-corrected chi connectivity index (χ0v) is 13.9. The quantitative estimate of drug-likeness (QED) is 0.573. The average molecular weight is 270 g/mol. The van der Waals surface area contributed by atoms with E-state index in [9.17, 15) is 0 Å². The predicted octanol–water partition coefficient (Wildman–Crippen LogP) is 6.65. The van der Waals surface area contributed by atoms with Gasteiger partial charge < -0.3 is 0 Å². The van der Waals surface area contributed by atoms with E-state index in [0.717, 1.165) is 0 Å². The van der Waals surface area contributed by atoms with Gasteiger partial charge in [0.15, 0.2) is 0 Å². The van der Waals surface area contributed by atoms with Gasteiger partial charge in [-0.3, -0.25) is 0 Å². The molecular formula is C20H30. The Kier molecular flexibility index (Phi) is 10.4. The van der Waals surface area contributed by atoms with Crippen LogP contribution in [0.15, 0.2) is 60.7 Å². The van der Waals surface area contributed by atoms with E-state index < -0.39 is 0 Å². The molecule has 20 heavy (non-hydrogen) atoms. The molecule has 0 saturated carbocycles. The lowest BCUT2D eigenvalue weighted by molar-refractivity contribution is 0.867. The lowest BCUT2D eigenvalue weighted by atomic mass is 10.0. The molecule has 2 aromatic carbocycles. The van der Waals surface area contributed by atoms with Gasteiger partial charge in [0.05, 0.1) is 0 Å². The maximum Gasteiger partial charge on any atom is -0.0219 e. The molecule has 0 aliphatic carbocycles. The van der Waals surface area contributed by atoms with Crippen molar-refractivity contribution in [2.75, 3.05) is 0 Å². The lowest BCUT2D eigenvalue weighted by Crippen LogP contribution is -1.83. The number of benzene rings is 2. The first-order valence-corrected chi connectivity index (χ1v) is 7.71. The van der Waals surface area contributed by atoms with E-state index in [-0.39, 0.29) is 0 Å². The predicted molar refractivity (Wildman–Crippen MR) is 92.4 cm³/mol. The average Bonchev–Trinajstić information content (AvgIpc) is 2.51. The second-order valence-electron chi connectivity index (χ2n) is 5.13. The van der Waals surface area contributed by atoms with Crippen molar-refractivity contribution in [1.29, 1.82) is 0 Å². The second kappa shape index (κ2) is 11.3. The van der Waals surface area contributed by atoms with Gasteiger partial charge in [-0.15, -0.1) is 0 Å². The fourth-order valence-corrected chi connectivity index (χ4v) is 1.68. The maximum absolute atomic E-state index is 2.20. The molecule has 0 aromatic heterocycles. The van der Waals surface area contributed by atoms with Crippen molar-refractivity contribution in [2.45, 2.75) is 53.4 Å². The van der Waals surface area contributed by atoms with E-state index >= 15 is 0 Å². The molecule has 2 aromatic rings. The Morgan fingerprint density at radius 1 is 0.500 bits per heavy atom. The van der Waals surface area contributed by atoms with Gasteiger partial charge in [-0.1, -0.05) is 102 Å². The molecule has 0 spiro atoms. The highest BCUT2D eigenvalue weighted by Crippen LogP contribution is 2.12. The van der Waals surface area contributed by atoms with E-state index in [0.29, 0.717) is 11.8 Å². The SMILES string of the molecule is CC.CC(C)c1ccccc1.CC(C)c1ccccc1. The molecule has 0 aliphatic rings. The zero-order chi connectivity index (χ0) is 15.4. The van der Waals surface area contributed by atoms with Crippen LogP contribution in [0.2, 0.25) is 0 Å². The number of hydrogen-bond acceptors (Lipinski definition) is 0. The largest absolute Gasteiger partial charge is 0.0683 e. The molecule has 0 nitrogen and oxygen atoms in total. The Bertz CT molecular complexity index is 369. The van der Waals surface area contributed by atoms with Crippen LogP contribution in [0, 0.1) is 0 Å². The first-order valence-electron chi connectivity index (χ1n) is 7.71. The molecule has 0 bridgehead atoms. The summed E-state index contributed by atoms with van der Waals surface area (Å²) in [5.41, 5.74) is 2.83. The Morgan fingerprint density at radius 3 is 0.900 bits per heavy atom. The van der Waals surface area contributed by atoms with Gasteiger partial charge >= 0.3 is 0 Å². The van der Waals surface area contributed by atoms with Crippen molar-refractivity contribution in [3.63, 3.8) is 0 Å². The number of hydrogen-bond donors (Lipinski definition) is 0. The maximum atomic E-state index is 2.20. The van der Waals surface area contributed by atoms with Gasteiger partial charge in [0, 0.05) is 0 Å². The monoisotopic (exact) mass is 270 g/mol. The number of rotatable bonds is 2. The van der Waals surface area contributed by atoms with Crippen molar-refractivity contribution < 1.29 is 0 Å². The van der Waals surface area contributed by atoms with Crippen LogP contribution in [0.1, 0.15) is 64.5 Å². The van der Waals surface area contributed by atoms with Crippen molar-refractivity contribution in [3.05, 3.63) is 71.8 Å². The van der Waals surface area contributed by atoms with E-state index in [1.807, 2.05) is 26.0 Å². The third-order valence-electron chi connectivity index (χ3n) is 2.93. The third kappa shape index (κ3) is 7.78. The summed E-state index contributed by atoms with van der Waals surface area (Å²) < 4.78 is 0. The Balaban J connectivity index is 0.000000321. The van der Waals surface area contributed by atoms with Crippen LogP contribution in [0.5, 0.6) is 0 Å². The van der Waals surface area contributed by atoms with Gasteiger partial charge in [-0.05, 0) is 23.0 Å². The summed E-state index contributed by atoms with van der Waals surface area (Å²) in [6.07, 6.45) is 0. The van der Waals surface area contributed by atoms with Crippen molar-refractivity contribution in [2.24, 2.45) is 0 Å². The van der Waals surface area contributed by atoms with Crippen LogP contribution in [0.25, 0.3) is 0 Å². The molecule has 0 aliphatic heterocycles. The molecule has 0 radical (unpaired) electrons. The van der Waals surface area contributed by atoms with Crippen molar-refractivity contribution in [3.8, 4) is 0 Å². The molecule has 0 heterocycles. The lowest BCUT2D eigenvalue weighted by Gasteiger charge is -2.01. The second-order valence-corrected chi connectivity index (χ2v) is 5.13. The van der Waals surface area contributed by atoms with E-state index in [1.165, 1.54) is 11.1 Å². The fourth-order valence-electron chi connectivity index (χ4n) is 1.68. The van der Waals surface area contributed by atoms with Crippen LogP contribution in [-0.2, 0) is 0 Å². The van der Waals surface area contributed by atoms with Crippen LogP contribution in [-0.4, -0.2) is 0 Å². The Morgan fingerprint density at radius 2 is 0.750 bits per heavy atom. The fraction of sp³-hybridized carbons (Fsp3) is 0.400. The minimum absolute atomic E-state index is 0.659. The van der Waals surface area contributed by atoms with Crippen LogP contribution in [0.3, 0.4) is 0 Å². The molecule has 0 amide bonds. The zero-order valence-electron chi connectivity index (χ0n) is 13.9. The molecule has 0 heteroatoms. The molecule has 0 fully saturated rings. The molecule has 0 N–H and O–H groups in total. The highest BCUT2D eigenvalue weighted by Gasteiger charge is 1.94. The summed E-state index contributed by atoms with van der Waals surface area (Å²) in [5.74, 6) is 1.32. The third-order valence-corrected chi connectivity index (χ3v) is 2.93. The summed E-state index contributed by atoms with van der Waals surface area (Å²) in [6.45, 7) is 12.8. The molecule has 110 valence electrons. The van der Waals surface area contributed by atoms with Gasteiger partial charge in [0.25, 0.3) is 0 Å². The van der Waals surface area contributed by atoms with Crippen molar-refractivity contribution in [1.82, 2.24) is 0 Å². The van der Waals surface area contributed by atoms with Gasteiger partial charge in [-0.25, -0.2) is 0 Å². The smallest absolute Gasteiger partial charge is 0.0219 e. The van der Waals surface area contributed by atoms with Crippen LogP contribution in [0.4, 0.5) is 0 Å². The van der Waals surface area contributed by atoms with Crippen LogP contribution < -0.4 is 0 Å². The molecule has 2 rings (SSSR count). The normalized spacial score (nSPS) is 9.40. The van der Waals surface area contributed by atoms with E-state index in [2.05, 4.69) is 76.2 Å². The Labute approximate surface area is 125 Å². The minimum Gasteiger partial charge on any atom is -0.0683 e. The molecule has 0 unspecified atom stereocenters. The standard InChI is InChI=1S/2C9H12.C2H6/c2*1-8(2)9-6-4-3-5-7-9;1-2/h2*3-8H,1-2H3;1-2H3. The highest BCUT2D eigenvalue weighted by molar-refractivity contribution is 5.18. The highest BCUT2D eigenvalue weighted by atomic mass is 14.0.